The van der Waals surface area contributed by atoms with Crippen LogP contribution in [0.2, 0.25) is 0 Å². The maximum atomic E-state index is 8.99. The summed E-state index contributed by atoms with van der Waals surface area (Å²) in [5, 5.41) is 0. The molecule has 0 aromatic heterocycles. The summed E-state index contributed by atoms with van der Waals surface area (Å²) in [6.45, 7) is 6.83. The van der Waals surface area contributed by atoms with Gasteiger partial charge < -0.3 is 0 Å². The zero-order valence-corrected chi connectivity index (χ0v) is 16.8. The fourth-order valence-electron chi connectivity index (χ4n) is 4.15. The van der Waals surface area contributed by atoms with E-state index in [0.717, 1.165) is 25.7 Å². The first kappa shape index (κ1) is 16.8. The second-order valence-electron chi connectivity index (χ2n) is 8.74. The van der Waals surface area contributed by atoms with Crippen LogP contribution in [0.25, 0.3) is 22.3 Å². The van der Waals surface area contributed by atoms with Crippen LogP contribution in [0.1, 0.15) is 57.9 Å². The summed E-state index contributed by atoms with van der Waals surface area (Å²) in [5.74, 6) is -0.420. The van der Waals surface area contributed by atoms with Crippen LogP contribution in [0.15, 0.2) is 72.8 Å². The van der Waals surface area contributed by atoms with Crippen molar-refractivity contribution in [2.45, 2.75) is 52.3 Å². The highest BCUT2D eigenvalue weighted by atomic mass is 14.3. The lowest BCUT2D eigenvalue weighted by molar-refractivity contribution is 0.224. The van der Waals surface area contributed by atoms with Gasteiger partial charge in [0, 0.05) is 1.37 Å². The highest BCUT2D eigenvalue weighted by Crippen LogP contribution is 2.42. The Hall–Kier alpha value is -2.34. The predicted octanol–water partition coefficient (Wildman–Crippen LogP) is 8.01. The summed E-state index contributed by atoms with van der Waals surface area (Å²) in [4.78, 5) is 0. The lowest BCUT2D eigenvalue weighted by Gasteiger charge is -2.34. The van der Waals surface area contributed by atoms with Crippen molar-refractivity contribution in [3.8, 4) is 22.3 Å². The molecular weight excluding hydrogens is 324 g/mol. The van der Waals surface area contributed by atoms with Crippen LogP contribution < -0.4 is 0 Å². The van der Waals surface area contributed by atoms with E-state index in [-0.39, 0.29) is 0 Å². The molecule has 0 amide bonds. The molecule has 3 aromatic carbocycles. The smallest absolute Gasteiger partial charge is 0.0352 e. The third-order valence-electron chi connectivity index (χ3n) is 6.16. The molecule has 0 spiro atoms. The zero-order valence-electron chi connectivity index (χ0n) is 17.8. The van der Waals surface area contributed by atoms with Gasteiger partial charge in [0.15, 0.2) is 0 Å². The van der Waals surface area contributed by atoms with Crippen molar-refractivity contribution in [1.29, 1.82) is 0 Å². The second kappa shape index (κ2) is 7.35. The lowest BCUT2D eigenvalue weighted by atomic mass is 9.71. The van der Waals surface area contributed by atoms with Crippen LogP contribution in [0, 0.1) is 12.3 Å². The van der Waals surface area contributed by atoms with E-state index in [0.29, 0.717) is 5.41 Å². The summed E-state index contributed by atoms with van der Waals surface area (Å²) in [7, 11) is 0. The van der Waals surface area contributed by atoms with Crippen molar-refractivity contribution in [2.24, 2.45) is 5.41 Å². The van der Waals surface area contributed by atoms with Gasteiger partial charge in [-0.2, -0.15) is 0 Å². The molecule has 0 nitrogen and oxygen atoms in total. The highest BCUT2D eigenvalue weighted by molar-refractivity contribution is 5.75. The largest absolute Gasteiger partial charge is 0.0622 e. The molecule has 0 unspecified atom stereocenters. The Balaban J connectivity index is 1.61. The van der Waals surface area contributed by atoms with E-state index in [1.807, 2.05) is 0 Å². The first-order valence-electron chi connectivity index (χ1n) is 10.6. The average molecular weight is 356 g/mol. The Morgan fingerprint density at radius 1 is 0.778 bits per heavy atom. The number of hydrogen-bond donors (Lipinski definition) is 0. The van der Waals surface area contributed by atoms with Crippen molar-refractivity contribution < 1.29 is 1.37 Å². The Kier molecular flexibility index (Phi) is 4.57. The van der Waals surface area contributed by atoms with Gasteiger partial charge in [-0.25, -0.2) is 0 Å². The SMILES string of the molecule is [2H]C1(c2ccc(-c3ccc(C)c(-c4ccccc4)c3)cc2)CCC(C)(C)CC1. The van der Waals surface area contributed by atoms with E-state index in [1.165, 1.54) is 33.4 Å². The molecule has 0 saturated heterocycles. The molecule has 1 fully saturated rings. The minimum atomic E-state index is -0.420. The Morgan fingerprint density at radius 3 is 2.07 bits per heavy atom. The molecule has 1 saturated carbocycles. The molecule has 3 aromatic rings. The predicted molar refractivity (Wildman–Crippen MR) is 117 cm³/mol. The van der Waals surface area contributed by atoms with Crippen molar-refractivity contribution in [1.82, 2.24) is 0 Å². The number of hydrogen-bond acceptors (Lipinski definition) is 0. The molecule has 0 heterocycles. The van der Waals surface area contributed by atoms with Gasteiger partial charge in [0.25, 0.3) is 0 Å². The number of aryl methyl sites for hydroxylation is 1. The van der Waals surface area contributed by atoms with Gasteiger partial charge in [-0.15, -0.1) is 0 Å². The van der Waals surface area contributed by atoms with E-state index in [2.05, 4.69) is 93.6 Å². The molecule has 0 radical (unpaired) electrons. The molecule has 27 heavy (non-hydrogen) atoms. The van der Waals surface area contributed by atoms with Crippen LogP contribution >= 0.6 is 0 Å². The van der Waals surface area contributed by atoms with Crippen molar-refractivity contribution in [3.63, 3.8) is 0 Å². The summed E-state index contributed by atoms with van der Waals surface area (Å²) in [5.41, 5.74) is 7.85. The fourth-order valence-corrected chi connectivity index (χ4v) is 4.15. The molecule has 0 atom stereocenters. The lowest BCUT2D eigenvalue weighted by Crippen LogP contribution is -2.20. The van der Waals surface area contributed by atoms with Gasteiger partial charge in [-0.1, -0.05) is 80.6 Å². The van der Waals surface area contributed by atoms with Crippen molar-refractivity contribution >= 4 is 0 Å². The summed E-state index contributed by atoms with van der Waals surface area (Å²) in [6, 6.07) is 26.1. The molecule has 0 N–H and O–H groups in total. The molecule has 0 aliphatic heterocycles. The number of benzene rings is 3. The van der Waals surface area contributed by atoms with Crippen LogP contribution in [-0.2, 0) is 0 Å². The van der Waals surface area contributed by atoms with Gasteiger partial charge >= 0.3 is 0 Å². The normalized spacial score (nSPS) is 18.7. The fraction of sp³-hybridized carbons (Fsp3) is 0.333. The maximum Gasteiger partial charge on any atom is 0.0352 e. The van der Waals surface area contributed by atoms with Gasteiger partial charge in [0.05, 0.1) is 0 Å². The minimum absolute atomic E-state index is 0.389. The average Bonchev–Trinajstić information content (AvgIpc) is 2.72. The van der Waals surface area contributed by atoms with Crippen molar-refractivity contribution in [3.05, 3.63) is 83.9 Å². The Morgan fingerprint density at radius 2 is 1.41 bits per heavy atom. The van der Waals surface area contributed by atoms with Crippen LogP contribution in [0.5, 0.6) is 0 Å². The molecule has 0 bridgehead atoms. The van der Waals surface area contributed by atoms with Gasteiger partial charge in [-0.3, -0.25) is 0 Å². The maximum absolute atomic E-state index is 8.99. The van der Waals surface area contributed by atoms with Gasteiger partial charge in [0.2, 0.25) is 0 Å². The van der Waals surface area contributed by atoms with Crippen molar-refractivity contribution in [2.75, 3.05) is 0 Å². The first-order chi connectivity index (χ1) is 13.4. The van der Waals surface area contributed by atoms with Crippen LogP contribution in [0.3, 0.4) is 0 Å². The highest BCUT2D eigenvalue weighted by Gasteiger charge is 2.27. The third kappa shape index (κ3) is 4.00. The minimum Gasteiger partial charge on any atom is -0.0622 e. The molecule has 0 heteroatoms. The van der Waals surface area contributed by atoms with E-state index >= 15 is 0 Å². The molecule has 138 valence electrons. The Bertz CT molecular complexity index is 941. The quantitative estimate of drug-likeness (QED) is 0.446. The van der Waals surface area contributed by atoms with E-state index in [9.17, 15) is 0 Å². The first-order valence-corrected chi connectivity index (χ1v) is 10.1. The zero-order chi connectivity index (χ0) is 19.8. The summed E-state index contributed by atoms with van der Waals surface area (Å²) < 4.78 is 8.99. The van der Waals surface area contributed by atoms with Gasteiger partial charge in [-0.05, 0) is 83.4 Å². The molecular formula is C27H30. The monoisotopic (exact) mass is 355 g/mol. The van der Waals surface area contributed by atoms with Crippen LogP contribution in [-0.4, -0.2) is 0 Å². The Labute approximate surface area is 165 Å². The molecule has 1 aliphatic carbocycles. The molecule has 4 rings (SSSR count). The van der Waals surface area contributed by atoms with E-state index in [4.69, 9.17) is 1.37 Å². The summed E-state index contributed by atoms with van der Waals surface area (Å²) >= 11 is 0. The van der Waals surface area contributed by atoms with Gasteiger partial charge in [0.1, 0.15) is 0 Å². The topological polar surface area (TPSA) is 0 Å². The summed E-state index contributed by atoms with van der Waals surface area (Å²) in [6.07, 6.45) is 4.19. The van der Waals surface area contributed by atoms with E-state index in [1.54, 1.807) is 0 Å². The number of rotatable bonds is 3. The van der Waals surface area contributed by atoms with E-state index < -0.39 is 5.89 Å². The molecule has 1 aliphatic rings. The standard InChI is InChI=1S/C27H30/c1-20-9-10-25(19-26(20)24-7-5-4-6-8-24)22-13-11-21(12-14-22)23-15-17-27(2,3)18-16-23/h4-14,19,23H,15-18H2,1-3H3/i23D. The third-order valence-corrected chi connectivity index (χ3v) is 6.16. The second-order valence-corrected chi connectivity index (χ2v) is 8.74. The van der Waals surface area contributed by atoms with Crippen LogP contribution in [0.4, 0.5) is 0 Å².